The molecule has 2 rings (SSSR count). The smallest absolute Gasteiger partial charge is 0.240 e. The van der Waals surface area contributed by atoms with E-state index in [9.17, 15) is 5.11 Å². The molecule has 1 unspecified atom stereocenters. The highest BCUT2D eigenvalue weighted by atomic mass is 16.5. The molecule has 6 heteroatoms. The van der Waals surface area contributed by atoms with Crippen LogP contribution in [0, 0.1) is 0 Å². The molecular formula is C13H24N4O2. The average molecular weight is 268 g/mol. The van der Waals surface area contributed by atoms with Crippen molar-refractivity contribution < 1.29 is 9.63 Å². The number of hydrogen-bond donors (Lipinski definition) is 2. The first-order valence-corrected chi connectivity index (χ1v) is 7.12. The minimum Gasteiger partial charge on any atom is -0.392 e. The molecule has 1 atom stereocenters. The zero-order valence-corrected chi connectivity index (χ0v) is 11.6. The lowest BCUT2D eigenvalue weighted by molar-refractivity contribution is 0.0744. The summed E-state index contributed by atoms with van der Waals surface area (Å²) in [5.41, 5.74) is 5.47. The Labute approximate surface area is 114 Å². The lowest BCUT2D eigenvalue weighted by Crippen LogP contribution is -2.40. The van der Waals surface area contributed by atoms with Gasteiger partial charge in [0.2, 0.25) is 5.89 Å². The second kappa shape index (κ2) is 6.98. The van der Waals surface area contributed by atoms with Gasteiger partial charge in [0.05, 0.1) is 19.2 Å². The summed E-state index contributed by atoms with van der Waals surface area (Å²) in [5.74, 6) is 1.13. The van der Waals surface area contributed by atoms with E-state index >= 15 is 0 Å². The Morgan fingerprint density at radius 3 is 2.74 bits per heavy atom. The third-order valence-corrected chi connectivity index (χ3v) is 3.62. The van der Waals surface area contributed by atoms with E-state index in [1.54, 1.807) is 0 Å². The molecule has 1 aliphatic carbocycles. The van der Waals surface area contributed by atoms with E-state index in [-0.39, 0.29) is 12.6 Å². The quantitative estimate of drug-likeness (QED) is 0.801. The van der Waals surface area contributed by atoms with Crippen LogP contribution in [0.15, 0.2) is 4.52 Å². The Hall–Kier alpha value is -0.980. The van der Waals surface area contributed by atoms with E-state index in [1.165, 1.54) is 32.1 Å². The van der Waals surface area contributed by atoms with Crippen LogP contribution >= 0.6 is 0 Å². The van der Waals surface area contributed by atoms with Crippen LogP contribution < -0.4 is 5.73 Å². The van der Waals surface area contributed by atoms with E-state index in [2.05, 4.69) is 15.0 Å². The van der Waals surface area contributed by atoms with Gasteiger partial charge in [-0.25, -0.2) is 0 Å². The van der Waals surface area contributed by atoms with Crippen LogP contribution in [0.3, 0.4) is 0 Å². The molecular weight excluding hydrogens is 244 g/mol. The first-order chi connectivity index (χ1) is 9.19. The zero-order chi connectivity index (χ0) is 13.7. The third-order valence-electron chi connectivity index (χ3n) is 3.62. The van der Waals surface area contributed by atoms with Gasteiger partial charge in [-0.05, 0) is 19.8 Å². The third kappa shape index (κ3) is 4.26. The van der Waals surface area contributed by atoms with Crippen molar-refractivity contribution in [3.05, 3.63) is 11.7 Å². The van der Waals surface area contributed by atoms with Crippen LogP contribution in [0.5, 0.6) is 0 Å². The summed E-state index contributed by atoms with van der Waals surface area (Å²) in [6.45, 7) is 3.36. The molecule has 0 spiro atoms. The van der Waals surface area contributed by atoms with Crippen molar-refractivity contribution >= 4 is 0 Å². The average Bonchev–Trinajstić information content (AvgIpc) is 2.86. The molecule has 1 heterocycles. The molecule has 108 valence electrons. The number of aromatic nitrogens is 2. The van der Waals surface area contributed by atoms with Gasteiger partial charge in [0.1, 0.15) is 0 Å². The van der Waals surface area contributed by atoms with E-state index in [4.69, 9.17) is 10.3 Å². The number of rotatable bonds is 6. The number of aliphatic hydroxyl groups is 1. The molecule has 1 aliphatic rings. The minimum absolute atomic E-state index is 0.271. The molecule has 0 radical (unpaired) electrons. The van der Waals surface area contributed by atoms with E-state index < -0.39 is 0 Å². The van der Waals surface area contributed by atoms with Crippen LogP contribution in [0.4, 0.5) is 0 Å². The molecule has 0 bridgehead atoms. The maximum absolute atomic E-state index is 9.66. The highest BCUT2D eigenvalue weighted by Crippen LogP contribution is 2.23. The second-order valence-electron chi connectivity index (χ2n) is 5.38. The highest BCUT2D eigenvalue weighted by molar-refractivity contribution is 4.88. The molecule has 6 nitrogen and oxygen atoms in total. The molecule has 0 amide bonds. The molecule has 1 fully saturated rings. The van der Waals surface area contributed by atoms with Crippen molar-refractivity contribution in [2.24, 2.45) is 5.73 Å². The Bertz CT molecular complexity index is 374. The number of nitrogens with two attached hydrogens (primary N) is 1. The van der Waals surface area contributed by atoms with Crippen LogP contribution in [0.1, 0.15) is 50.7 Å². The Balaban J connectivity index is 1.99. The van der Waals surface area contributed by atoms with E-state index in [0.717, 1.165) is 0 Å². The first kappa shape index (κ1) is 14.4. The van der Waals surface area contributed by atoms with Gasteiger partial charge >= 0.3 is 0 Å². The first-order valence-electron chi connectivity index (χ1n) is 7.12. The standard InChI is InChI=1S/C13H24N4O2/c1-10(18)8-17(11-5-3-2-4-6-11)9-12-15-13(7-14)19-16-12/h10-11,18H,2-9,14H2,1H3. The maximum atomic E-state index is 9.66. The van der Waals surface area contributed by atoms with Gasteiger partial charge in [0.25, 0.3) is 0 Å². The Kier molecular flexibility index (Phi) is 5.30. The number of nitrogens with zero attached hydrogens (tertiary/aromatic N) is 3. The maximum Gasteiger partial charge on any atom is 0.240 e. The SMILES string of the molecule is CC(O)CN(Cc1noc(CN)n1)C1CCCCC1. The Morgan fingerprint density at radius 1 is 1.42 bits per heavy atom. The van der Waals surface area contributed by atoms with Crippen molar-refractivity contribution in [2.45, 2.75) is 64.3 Å². The van der Waals surface area contributed by atoms with Crippen molar-refractivity contribution in [1.29, 1.82) is 0 Å². The van der Waals surface area contributed by atoms with Crippen molar-refractivity contribution in [3.8, 4) is 0 Å². The van der Waals surface area contributed by atoms with Crippen molar-refractivity contribution in [3.63, 3.8) is 0 Å². The van der Waals surface area contributed by atoms with Crippen LogP contribution in [-0.4, -0.2) is 38.8 Å². The molecule has 0 aromatic carbocycles. The highest BCUT2D eigenvalue weighted by Gasteiger charge is 2.23. The van der Waals surface area contributed by atoms with Crippen molar-refractivity contribution in [1.82, 2.24) is 15.0 Å². The largest absolute Gasteiger partial charge is 0.392 e. The van der Waals surface area contributed by atoms with Gasteiger partial charge in [0, 0.05) is 12.6 Å². The monoisotopic (exact) mass is 268 g/mol. The molecule has 0 aliphatic heterocycles. The van der Waals surface area contributed by atoms with Gasteiger partial charge in [-0.15, -0.1) is 0 Å². The molecule has 1 saturated carbocycles. The predicted octanol–water partition coefficient (Wildman–Crippen LogP) is 1.04. The molecule has 1 aromatic heterocycles. The zero-order valence-electron chi connectivity index (χ0n) is 11.6. The van der Waals surface area contributed by atoms with Crippen LogP contribution in [0.2, 0.25) is 0 Å². The summed E-state index contributed by atoms with van der Waals surface area (Å²) < 4.78 is 5.03. The molecule has 0 saturated heterocycles. The number of hydrogen-bond acceptors (Lipinski definition) is 6. The van der Waals surface area contributed by atoms with Gasteiger partial charge in [-0.2, -0.15) is 4.98 Å². The minimum atomic E-state index is -0.345. The van der Waals surface area contributed by atoms with Gasteiger partial charge in [-0.3, -0.25) is 4.90 Å². The Morgan fingerprint density at radius 2 is 2.16 bits per heavy atom. The lowest BCUT2D eigenvalue weighted by atomic mass is 9.94. The van der Waals surface area contributed by atoms with Gasteiger partial charge in [-0.1, -0.05) is 24.4 Å². The molecule has 3 N–H and O–H groups in total. The number of aliphatic hydroxyl groups excluding tert-OH is 1. The fourth-order valence-electron chi connectivity index (χ4n) is 2.75. The van der Waals surface area contributed by atoms with Gasteiger partial charge < -0.3 is 15.4 Å². The summed E-state index contributed by atoms with van der Waals surface area (Å²) in [6, 6.07) is 0.517. The van der Waals surface area contributed by atoms with E-state index in [0.29, 0.717) is 30.8 Å². The summed E-state index contributed by atoms with van der Waals surface area (Å²) in [4.78, 5) is 6.52. The normalized spacial score (nSPS) is 18.9. The summed E-state index contributed by atoms with van der Waals surface area (Å²) in [7, 11) is 0. The fraction of sp³-hybridized carbons (Fsp3) is 0.846. The summed E-state index contributed by atoms with van der Waals surface area (Å²) in [5, 5.41) is 13.6. The van der Waals surface area contributed by atoms with Crippen LogP contribution in [-0.2, 0) is 13.1 Å². The summed E-state index contributed by atoms with van der Waals surface area (Å²) >= 11 is 0. The van der Waals surface area contributed by atoms with Crippen LogP contribution in [0.25, 0.3) is 0 Å². The second-order valence-corrected chi connectivity index (χ2v) is 5.38. The van der Waals surface area contributed by atoms with Crippen molar-refractivity contribution in [2.75, 3.05) is 6.54 Å². The predicted molar refractivity (Wildman–Crippen MR) is 71.2 cm³/mol. The van der Waals surface area contributed by atoms with E-state index in [1.807, 2.05) is 6.92 Å². The van der Waals surface area contributed by atoms with Gasteiger partial charge in [0.15, 0.2) is 5.82 Å². The topological polar surface area (TPSA) is 88.4 Å². The summed E-state index contributed by atoms with van der Waals surface area (Å²) in [6.07, 6.45) is 5.88. The lowest BCUT2D eigenvalue weighted by Gasteiger charge is -2.34. The molecule has 19 heavy (non-hydrogen) atoms. The fourth-order valence-corrected chi connectivity index (χ4v) is 2.75. The molecule has 1 aromatic rings.